The van der Waals surface area contributed by atoms with Crippen molar-refractivity contribution in [1.29, 1.82) is 5.26 Å². The molecule has 0 atom stereocenters. The minimum atomic E-state index is -0.134. The van der Waals surface area contributed by atoms with Crippen LogP contribution in [0.4, 0.5) is 0 Å². The number of carbonyl (C=O) groups is 1. The molecule has 1 aliphatic rings. The van der Waals surface area contributed by atoms with Crippen LogP contribution in [-0.2, 0) is 4.79 Å². The van der Waals surface area contributed by atoms with Crippen molar-refractivity contribution in [2.45, 2.75) is 49.7 Å². The predicted molar refractivity (Wildman–Crippen MR) is 126 cm³/mol. The fourth-order valence-electron chi connectivity index (χ4n) is 3.50. The number of nitrogens with zero attached hydrogens (tertiary/aromatic N) is 2. The van der Waals surface area contributed by atoms with E-state index in [-0.39, 0.29) is 17.2 Å². The van der Waals surface area contributed by atoms with E-state index in [1.54, 1.807) is 18.2 Å². The Morgan fingerprint density at radius 3 is 2.69 bits per heavy atom. The van der Waals surface area contributed by atoms with Crippen LogP contribution < -0.4 is 10.9 Å². The van der Waals surface area contributed by atoms with E-state index in [2.05, 4.69) is 15.3 Å². The number of aromatic amines is 1. The molecule has 166 valence electrons. The quantitative estimate of drug-likeness (QED) is 0.397. The van der Waals surface area contributed by atoms with E-state index in [1.807, 2.05) is 24.3 Å². The fraction of sp³-hybridized carbons (Fsp3) is 0.333. The minimum absolute atomic E-state index is 0.0903. The number of H-pyrrole nitrogens is 1. The number of nitriles is 1. The van der Waals surface area contributed by atoms with Gasteiger partial charge in [-0.2, -0.15) is 5.26 Å². The third kappa shape index (κ3) is 7.13. The number of carbonyl (C=O) groups excluding carboxylic acids is 1. The zero-order valence-corrected chi connectivity index (χ0v) is 18.5. The highest BCUT2D eigenvalue weighted by Gasteiger charge is 2.15. The Morgan fingerprint density at radius 1 is 1.19 bits per heavy atom. The highest BCUT2D eigenvalue weighted by atomic mass is 32.2. The third-order valence-corrected chi connectivity index (χ3v) is 5.98. The standard InChI is InChI=1S/C17H21N3O2S.C7H5NO/c21-15(18-12-6-2-1-3-7-12)10-11-23-17-19-14-9-5-4-8-13(14)16(22)20-17;8-5-6-2-1-3-7(9)4-6/h4-5,8-9,12H,1-3,6-7,10-11H2,(H,18,21)(H,19,20,22);1-4,9H. The maximum absolute atomic E-state index is 12.0. The monoisotopic (exact) mass is 450 g/mol. The molecule has 1 saturated carbocycles. The smallest absolute Gasteiger partial charge is 0.259 e. The van der Waals surface area contributed by atoms with Gasteiger partial charge in [0.05, 0.1) is 22.5 Å². The molecule has 1 aliphatic carbocycles. The second-order valence-corrected chi connectivity index (χ2v) is 8.63. The summed E-state index contributed by atoms with van der Waals surface area (Å²) in [6.45, 7) is 0. The lowest BCUT2D eigenvalue weighted by Gasteiger charge is -2.22. The maximum Gasteiger partial charge on any atom is 0.259 e. The fourth-order valence-corrected chi connectivity index (χ4v) is 4.30. The summed E-state index contributed by atoms with van der Waals surface area (Å²) in [6, 6.07) is 15.7. The number of rotatable bonds is 5. The summed E-state index contributed by atoms with van der Waals surface area (Å²) in [4.78, 5) is 31.1. The van der Waals surface area contributed by atoms with Crippen LogP contribution in [0.15, 0.2) is 58.5 Å². The number of benzene rings is 2. The summed E-state index contributed by atoms with van der Waals surface area (Å²) in [7, 11) is 0. The van der Waals surface area contributed by atoms with Crippen LogP contribution >= 0.6 is 11.8 Å². The number of para-hydroxylation sites is 1. The van der Waals surface area contributed by atoms with E-state index in [0.717, 1.165) is 12.8 Å². The SMILES string of the molecule is N#Cc1cccc(O)c1.O=C(CCSc1nc2ccccc2c(=O)[nH]1)NC1CCCCC1. The van der Waals surface area contributed by atoms with Crippen LogP contribution in [-0.4, -0.2) is 32.8 Å². The Morgan fingerprint density at radius 2 is 1.97 bits per heavy atom. The second kappa shape index (κ2) is 11.9. The van der Waals surface area contributed by atoms with E-state index < -0.39 is 0 Å². The van der Waals surface area contributed by atoms with Gasteiger partial charge in [-0.15, -0.1) is 0 Å². The van der Waals surface area contributed by atoms with Gasteiger partial charge in [0.1, 0.15) is 5.75 Å². The lowest BCUT2D eigenvalue weighted by molar-refractivity contribution is -0.121. The Kier molecular flexibility index (Phi) is 8.70. The van der Waals surface area contributed by atoms with E-state index in [0.29, 0.717) is 39.8 Å². The number of aromatic hydroxyl groups is 1. The Bertz CT molecular complexity index is 1150. The molecule has 3 aromatic rings. The first-order chi connectivity index (χ1) is 15.5. The van der Waals surface area contributed by atoms with Gasteiger partial charge in [0, 0.05) is 18.2 Å². The molecule has 2 aromatic carbocycles. The normalized spacial score (nSPS) is 13.6. The molecule has 1 aromatic heterocycles. The maximum atomic E-state index is 12.0. The van der Waals surface area contributed by atoms with Crippen molar-refractivity contribution in [3.63, 3.8) is 0 Å². The second-order valence-electron chi connectivity index (χ2n) is 7.55. The number of phenols is 1. The van der Waals surface area contributed by atoms with Gasteiger partial charge in [0.25, 0.3) is 5.56 Å². The summed E-state index contributed by atoms with van der Waals surface area (Å²) >= 11 is 1.41. The average Bonchev–Trinajstić information content (AvgIpc) is 2.80. The van der Waals surface area contributed by atoms with Crippen molar-refractivity contribution in [2.75, 3.05) is 5.75 Å². The van der Waals surface area contributed by atoms with Crippen LogP contribution in [0.5, 0.6) is 5.75 Å². The van der Waals surface area contributed by atoms with Crippen LogP contribution in [0, 0.1) is 11.3 Å². The number of thioether (sulfide) groups is 1. The predicted octanol–water partition coefficient (Wildman–Crippen LogP) is 4.12. The summed E-state index contributed by atoms with van der Waals surface area (Å²) in [5, 5.41) is 21.4. The lowest BCUT2D eigenvalue weighted by Crippen LogP contribution is -2.36. The number of amides is 1. The molecular formula is C24H26N4O3S. The molecule has 1 heterocycles. The van der Waals surface area contributed by atoms with Gasteiger partial charge < -0.3 is 15.4 Å². The molecule has 1 fully saturated rings. The zero-order valence-electron chi connectivity index (χ0n) is 17.7. The van der Waals surface area contributed by atoms with E-state index in [1.165, 1.54) is 43.2 Å². The van der Waals surface area contributed by atoms with Gasteiger partial charge >= 0.3 is 0 Å². The third-order valence-electron chi connectivity index (χ3n) is 5.10. The molecule has 0 spiro atoms. The molecule has 4 rings (SSSR count). The van der Waals surface area contributed by atoms with Gasteiger partial charge in [-0.3, -0.25) is 9.59 Å². The molecule has 1 amide bonds. The Balaban J connectivity index is 0.000000269. The number of hydrogen-bond acceptors (Lipinski definition) is 6. The molecule has 0 radical (unpaired) electrons. The number of nitrogens with one attached hydrogen (secondary N) is 2. The molecule has 3 N–H and O–H groups in total. The summed E-state index contributed by atoms with van der Waals surface area (Å²) in [6.07, 6.45) is 6.33. The van der Waals surface area contributed by atoms with Crippen molar-refractivity contribution in [3.05, 3.63) is 64.4 Å². The number of aromatic nitrogens is 2. The first kappa shape index (κ1) is 23.4. The van der Waals surface area contributed by atoms with Gasteiger partial charge in [-0.1, -0.05) is 49.2 Å². The molecular weight excluding hydrogens is 424 g/mol. The summed E-state index contributed by atoms with van der Waals surface area (Å²) < 4.78 is 0. The molecule has 32 heavy (non-hydrogen) atoms. The molecule has 8 heteroatoms. The largest absolute Gasteiger partial charge is 0.508 e. The van der Waals surface area contributed by atoms with Crippen molar-refractivity contribution in [3.8, 4) is 11.8 Å². The summed E-state index contributed by atoms with van der Waals surface area (Å²) in [5.41, 5.74) is 1.03. The average molecular weight is 451 g/mol. The Labute approximate surface area is 190 Å². The lowest BCUT2D eigenvalue weighted by atomic mass is 9.95. The van der Waals surface area contributed by atoms with E-state index in [9.17, 15) is 9.59 Å². The highest BCUT2D eigenvalue weighted by Crippen LogP contribution is 2.18. The van der Waals surface area contributed by atoms with Crippen molar-refractivity contribution >= 4 is 28.6 Å². The van der Waals surface area contributed by atoms with Crippen LogP contribution in [0.3, 0.4) is 0 Å². The molecule has 7 nitrogen and oxygen atoms in total. The number of fused-ring (bicyclic) bond motifs is 1. The van der Waals surface area contributed by atoms with E-state index in [4.69, 9.17) is 10.4 Å². The van der Waals surface area contributed by atoms with Crippen LogP contribution in [0.25, 0.3) is 10.9 Å². The van der Waals surface area contributed by atoms with Gasteiger partial charge in [-0.25, -0.2) is 4.98 Å². The highest BCUT2D eigenvalue weighted by molar-refractivity contribution is 7.99. The molecule has 0 bridgehead atoms. The molecule has 0 saturated heterocycles. The van der Waals surface area contributed by atoms with Crippen molar-refractivity contribution in [2.24, 2.45) is 0 Å². The van der Waals surface area contributed by atoms with Gasteiger partial charge in [-0.05, 0) is 43.2 Å². The first-order valence-corrected chi connectivity index (χ1v) is 11.6. The van der Waals surface area contributed by atoms with Crippen LogP contribution in [0.2, 0.25) is 0 Å². The summed E-state index contributed by atoms with van der Waals surface area (Å²) in [5.74, 6) is 0.835. The molecule has 0 unspecified atom stereocenters. The minimum Gasteiger partial charge on any atom is -0.508 e. The number of phenolic OH excluding ortho intramolecular Hbond substituents is 1. The zero-order chi connectivity index (χ0) is 22.8. The Hall–Kier alpha value is -3.31. The number of hydrogen-bond donors (Lipinski definition) is 3. The van der Waals surface area contributed by atoms with Gasteiger partial charge in [0.15, 0.2) is 5.16 Å². The molecule has 0 aliphatic heterocycles. The van der Waals surface area contributed by atoms with Crippen LogP contribution in [0.1, 0.15) is 44.1 Å². The van der Waals surface area contributed by atoms with Crippen molar-refractivity contribution < 1.29 is 9.90 Å². The van der Waals surface area contributed by atoms with E-state index >= 15 is 0 Å². The van der Waals surface area contributed by atoms with Gasteiger partial charge in [0.2, 0.25) is 5.91 Å². The first-order valence-electron chi connectivity index (χ1n) is 10.7. The topological polar surface area (TPSA) is 119 Å². The van der Waals surface area contributed by atoms with Crippen molar-refractivity contribution in [1.82, 2.24) is 15.3 Å².